The molecule has 1 aliphatic rings. The molecule has 0 unspecified atom stereocenters. The van der Waals surface area contributed by atoms with Gasteiger partial charge in [0.05, 0.1) is 38.6 Å². The summed E-state index contributed by atoms with van der Waals surface area (Å²) in [4.78, 5) is 17.9. The Morgan fingerprint density at radius 1 is 0.941 bits per heavy atom. The fourth-order valence-electron chi connectivity index (χ4n) is 3.77. The molecule has 8 nitrogen and oxygen atoms in total. The van der Waals surface area contributed by atoms with Crippen LogP contribution in [-0.2, 0) is 4.79 Å². The minimum atomic E-state index is -0.651. The van der Waals surface area contributed by atoms with E-state index in [2.05, 4.69) is 20.9 Å². The molecule has 4 rings (SSSR count). The number of amides is 1. The Labute approximate surface area is 202 Å². The third-order valence-corrected chi connectivity index (χ3v) is 5.55. The molecule has 0 saturated heterocycles. The van der Waals surface area contributed by atoms with Crippen molar-refractivity contribution in [3.05, 3.63) is 83.6 Å². The normalized spacial score (nSPS) is 15.1. The molecule has 3 aromatic rings. The van der Waals surface area contributed by atoms with Crippen molar-refractivity contribution < 1.29 is 19.0 Å². The second kappa shape index (κ2) is 10.2. The highest BCUT2D eigenvalue weighted by atomic mass is 32.1. The van der Waals surface area contributed by atoms with Crippen molar-refractivity contribution in [3.8, 4) is 17.2 Å². The first-order valence-electron chi connectivity index (χ1n) is 10.4. The van der Waals surface area contributed by atoms with Crippen molar-refractivity contribution in [1.29, 1.82) is 0 Å². The van der Waals surface area contributed by atoms with Gasteiger partial charge in [0.15, 0.2) is 16.6 Å². The topological polar surface area (TPSA) is 93.7 Å². The van der Waals surface area contributed by atoms with E-state index >= 15 is 0 Å². The maximum atomic E-state index is 13.7. The smallest absolute Gasteiger partial charge is 0.257 e. The molecule has 0 radical (unpaired) electrons. The van der Waals surface area contributed by atoms with Gasteiger partial charge in [-0.25, -0.2) is 4.98 Å². The number of nitrogens with one attached hydrogen (secondary N) is 3. The summed E-state index contributed by atoms with van der Waals surface area (Å²) in [6, 6.07) is 17.7. The van der Waals surface area contributed by atoms with Crippen LogP contribution in [0.2, 0.25) is 0 Å². The molecule has 1 amide bonds. The molecule has 0 aliphatic carbocycles. The van der Waals surface area contributed by atoms with E-state index < -0.39 is 6.04 Å². The standard InChI is InChI=1S/C25H24N4O4S/c1-31-17-14-19(33-3)18(32-2)13-16(17)23-21(24(30)27-20-11-7-8-12-26-20)22(28-25(34)29-23)15-9-5-4-6-10-15/h4-14,23H,1-3H3,(H,26,27,30)(H2,28,29,34)/t23-/m1/s1. The van der Waals surface area contributed by atoms with Gasteiger partial charge in [0, 0.05) is 17.8 Å². The molecule has 1 atom stereocenters. The Balaban J connectivity index is 1.91. The van der Waals surface area contributed by atoms with Crippen LogP contribution in [0, 0.1) is 0 Å². The van der Waals surface area contributed by atoms with Crippen molar-refractivity contribution in [3.63, 3.8) is 0 Å². The number of hydrogen-bond donors (Lipinski definition) is 3. The van der Waals surface area contributed by atoms with Crippen molar-refractivity contribution >= 4 is 34.8 Å². The minimum Gasteiger partial charge on any atom is -0.496 e. The van der Waals surface area contributed by atoms with Crippen molar-refractivity contribution in [2.24, 2.45) is 0 Å². The van der Waals surface area contributed by atoms with Crippen LogP contribution in [0.4, 0.5) is 5.82 Å². The van der Waals surface area contributed by atoms with E-state index in [0.29, 0.717) is 45.0 Å². The molecule has 0 bridgehead atoms. The Hall–Kier alpha value is -4.11. The molecule has 2 aromatic carbocycles. The average Bonchev–Trinajstić information content (AvgIpc) is 2.88. The maximum absolute atomic E-state index is 13.7. The molecular formula is C25H24N4O4S. The van der Waals surface area contributed by atoms with E-state index in [9.17, 15) is 4.79 Å². The van der Waals surface area contributed by atoms with Gasteiger partial charge in [-0.2, -0.15) is 0 Å². The SMILES string of the molecule is COc1cc(OC)c([C@H]2NC(=S)NC(c3ccccc3)=C2C(=O)Nc2ccccn2)cc1OC. The number of methoxy groups -OCH3 is 3. The molecule has 0 spiro atoms. The van der Waals surface area contributed by atoms with Crippen LogP contribution in [0.25, 0.3) is 5.70 Å². The monoisotopic (exact) mass is 476 g/mol. The number of aromatic nitrogens is 1. The number of carbonyl (C=O) groups is 1. The van der Waals surface area contributed by atoms with Crippen LogP contribution >= 0.6 is 12.2 Å². The number of pyridine rings is 1. The summed E-state index contributed by atoms with van der Waals surface area (Å²) in [5.74, 6) is 1.59. The van der Waals surface area contributed by atoms with Gasteiger partial charge in [-0.05, 0) is 36.0 Å². The lowest BCUT2D eigenvalue weighted by atomic mass is 9.91. The zero-order valence-electron chi connectivity index (χ0n) is 18.9. The van der Waals surface area contributed by atoms with Gasteiger partial charge in [0.1, 0.15) is 11.6 Å². The first-order valence-corrected chi connectivity index (χ1v) is 10.9. The zero-order valence-corrected chi connectivity index (χ0v) is 19.7. The largest absolute Gasteiger partial charge is 0.496 e. The van der Waals surface area contributed by atoms with Crippen LogP contribution in [0.5, 0.6) is 17.2 Å². The highest BCUT2D eigenvalue weighted by Gasteiger charge is 2.35. The summed E-state index contributed by atoms with van der Waals surface area (Å²) in [6.45, 7) is 0. The summed E-state index contributed by atoms with van der Waals surface area (Å²) in [7, 11) is 4.65. The first-order chi connectivity index (χ1) is 16.5. The third kappa shape index (κ3) is 4.65. The van der Waals surface area contributed by atoms with Gasteiger partial charge in [-0.3, -0.25) is 4.79 Å². The summed E-state index contributed by atoms with van der Waals surface area (Å²) >= 11 is 5.52. The molecule has 174 valence electrons. The predicted octanol–water partition coefficient (Wildman–Crippen LogP) is 3.68. The van der Waals surface area contributed by atoms with Gasteiger partial charge < -0.3 is 30.2 Å². The van der Waals surface area contributed by atoms with Crippen LogP contribution in [0.1, 0.15) is 17.2 Å². The predicted molar refractivity (Wildman–Crippen MR) is 134 cm³/mol. The van der Waals surface area contributed by atoms with E-state index in [-0.39, 0.29) is 5.91 Å². The third-order valence-electron chi connectivity index (χ3n) is 5.33. The zero-order chi connectivity index (χ0) is 24.1. The lowest BCUT2D eigenvalue weighted by molar-refractivity contribution is -0.113. The van der Waals surface area contributed by atoms with Crippen molar-refractivity contribution in [2.45, 2.75) is 6.04 Å². The quantitative estimate of drug-likeness (QED) is 0.445. The van der Waals surface area contributed by atoms with Crippen LogP contribution in [0.3, 0.4) is 0 Å². The summed E-state index contributed by atoms with van der Waals surface area (Å²) in [6.07, 6.45) is 1.61. The van der Waals surface area contributed by atoms with Crippen LogP contribution in [0.15, 0.2) is 72.4 Å². The molecule has 9 heteroatoms. The fraction of sp³-hybridized carbons (Fsp3) is 0.160. The van der Waals surface area contributed by atoms with Crippen LogP contribution in [-0.4, -0.2) is 37.3 Å². The number of hydrogen-bond acceptors (Lipinski definition) is 6. The van der Waals surface area contributed by atoms with Gasteiger partial charge >= 0.3 is 0 Å². The molecule has 2 heterocycles. The Kier molecular flexibility index (Phi) is 6.93. The van der Waals surface area contributed by atoms with Gasteiger partial charge in [0.25, 0.3) is 5.91 Å². The molecule has 0 saturated carbocycles. The van der Waals surface area contributed by atoms with E-state index in [1.807, 2.05) is 30.3 Å². The lowest BCUT2D eigenvalue weighted by Gasteiger charge is -2.32. The van der Waals surface area contributed by atoms with Crippen molar-refractivity contribution in [2.75, 3.05) is 26.6 Å². The highest BCUT2D eigenvalue weighted by Crippen LogP contribution is 2.41. The average molecular weight is 477 g/mol. The van der Waals surface area contributed by atoms with E-state index in [1.54, 1.807) is 57.9 Å². The van der Waals surface area contributed by atoms with E-state index in [0.717, 1.165) is 5.56 Å². The highest BCUT2D eigenvalue weighted by molar-refractivity contribution is 7.80. The molecule has 3 N–H and O–H groups in total. The van der Waals surface area contributed by atoms with Gasteiger partial charge in [-0.1, -0.05) is 36.4 Å². The fourth-order valence-corrected chi connectivity index (χ4v) is 3.99. The number of carbonyl (C=O) groups excluding carboxylic acids is 1. The molecule has 1 aliphatic heterocycles. The number of thiocarbonyl (C=S) groups is 1. The minimum absolute atomic E-state index is 0.345. The Morgan fingerprint density at radius 3 is 2.26 bits per heavy atom. The Bertz CT molecular complexity index is 1230. The summed E-state index contributed by atoms with van der Waals surface area (Å²) in [5.41, 5.74) is 2.46. The summed E-state index contributed by atoms with van der Waals surface area (Å²) in [5, 5.41) is 9.63. The van der Waals surface area contributed by atoms with Crippen molar-refractivity contribution in [1.82, 2.24) is 15.6 Å². The number of benzene rings is 2. The second-order valence-corrected chi connectivity index (χ2v) is 7.71. The second-order valence-electron chi connectivity index (χ2n) is 7.30. The molecule has 1 aromatic heterocycles. The van der Waals surface area contributed by atoms with E-state index in [4.69, 9.17) is 26.4 Å². The number of anilines is 1. The van der Waals surface area contributed by atoms with Gasteiger partial charge in [-0.15, -0.1) is 0 Å². The first kappa shape index (κ1) is 23.1. The Morgan fingerprint density at radius 2 is 1.62 bits per heavy atom. The molecular weight excluding hydrogens is 452 g/mol. The molecule has 0 fully saturated rings. The lowest BCUT2D eigenvalue weighted by Crippen LogP contribution is -2.46. The summed E-state index contributed by atoms with van der Waals surface area (Å²) < 4.78 is 16.6. The number of rotatable bonds is 7. The number of ether oxygens (including phenoxy) is 3. The molecule has 34 heavy (non-hydrogen) atoms. The van der Waals surface area contributed by atoms with Crippen LogP contribution < -0.4 is 30.2 Å². The number of nitrogens with zero attached hydrogens (tertiary/aromatic N) is 1. The maximum Gasteiger partial charge on any atom is 0.257 e. The van der Waals surface area contributed by atoms with Gasteiger partial charge in [0.2, 0.25) is 0 Å². The van der Waals surface area contributed by atoms with E-state index in [1.165, 1.54) is 0 Å².